The van der Waals surface area contributed by atoms with Gasteiger partial charge in [-0.1, -0.05) is 94.6 Å². The Morgan fingerprint density at radius 1 is 0.727 bits per heavy atom. The predicted molar refractivity (Wildman–Crippen MR) is 168 cm³/mol. The van der Waals surface area contributed by atoms with Crippen LogP contribution in [-0.2, 0) is 28.5 Å². The molecule has 252 valence electrons. The van der Waals surface area contributed by atoms with Crippen LogP contribution in [0.25, 0.3) is 0 Å². The topological polar surface area (TPSA) is 152 Å². The Balaban J connectivity index is 2.53. The summed E-state index contributed by atoms with van der Waals surface area (Å²) in [4.78, 5) is 24.8. The number of aliphatic hydroxyl groups is 4. The Kier molecular flexibility index (Phi) is 23.4. The number of carbonyl (C=O) groups excluding carboxylic acids is 2. The van der Waals surface area contributed by atoms with Gasteiger partial charge in [0, 0.05) is 12.8 Å². The summed E-state index contributed by atoms with van der Waals surface area (Å²) in [6.07, 6.45) is 19.0. The maximum absolute atomic E-state index is 12.5. The van der Waals surface area contributed by atoms with Crippen LogP contribution < -0.4 is 0 Å². The summed E-state index contributed by atoms with van der Waals surface area (Å²) in [6.45, 7) is 3.10. The predicted octanol–water partition coefficient (Wildman–Crippen LogP) is 4.59. The van der Waals surface area contributed by atoms with Gasteiger partial charge in [0.1, 0.15) is 31.0 Å². The Morgan fingerprint density at radius 3 is 1.98 bits per heavy atom. The van der Waals surface area contributed by atoms with E-state index in [0.29, 0.717) is 12.8 Å². The number of allylic oxidation sites excluding steroid dienone is 8. The highest BCUT2D eigenvalue weighted by molar-refractivity contribution is 5.70. The number of carbonyl (C=O) groups is 2. The number of ether oxygens (including phenoxy) is 4. The number of rotatable bonds is 24. The fourth-order valence-corrected chi connectivity index (χ4v) is 4.37. The summed E-state index contributed by atoms with van der Waals surface area (Å²) in [6, 6.07) is 0. The molecule has 0 aromatic heterocycles. The van der Waals surface area contributed by atoms with Gasteiger partial charge in [0.25, 0.3) is 0 Å². The average molecular weight is 625 g/mol. The molecule has 0 aromatic carbocycles. The molecule has 1 saturated heterocycles. The quantitative estimate of drug-likeness (QED) is 0.0682. The molecule has 4 N–H and O–H groups in total. The Bertz CT molecular complexity index is 866. The molecule has 6 atom stereocenters. The van der Waals surface area contributed by atoms with Crippen molar-refractivity contribution in [2.75, 3.05) is 19.8 Å². The highest BCUT2D eigenvalue weighted by Gasteiger charge is 2.44. The number of unbranched alkanes of at least 4 members (excludes halogenated alkanes) is 5. The largest absolute Gasteiger partial charge is 0.462 e. The molecular weight excluding hydrogens is 568 g/mol. The first-order chi connectivity index (χ1) is 21.3. The first-order valence-electron chi connectivity index (χ1n) is 16.2. The van der Waals surface area contributed by atoms with E-state index in [1.54, 1.807) is 0 Å². The van der Waals surface area contributed by atoms with E-state index in [9.17, 15) is 30.0 Å². The molecule has 0 aliphatic carbocycles. The minimum atomic E-state index is -1.60. The van der Waals surface area contributed by atoms with Crippen molar-refractivity contribution in [2.24, 2.45) is 0 Å². The number of aliphatic hydroxyl groups excluding tert-OH is 4. The van der Waals surface area contributed by atoms with E-state index >= 15 is 0 Å². The van der Waals surface area contributed by atoms with Crippen molar-refractivity contribution < 1.29 is 49.0 Å². The highest BCUT2D eigenvalue weighted by Crippen LogP contribution is 2.22. The third-order valence-electron chi connectivity index (χ3n) is 6.99. The zero-order chi connectivity index (χ0) is 32.4. The summed E-state index contributed by atoms with van der Waals surface area (Å²) >= 11 is 0. The minimum absolute atomic E-state index is 0.108. The lowest BCUT2D eigenvalue weighted by Gasteiger charge is -2.39. The zero-order valence-corrected chi connectivity index (χ0v) is 26.6. The second kappa shape index (κ2) is 25.9. The molecule has 6 unspecified atom stereocenters. The van der Waals surface area contributed by atoms with Crippen LogP contribution in [0, 0.1) is 0 Å². The average Bonchev–Trinajstić information content (AvgIpc) is 3.02. The molecule has 44 heavy (non-hydrogen) atoms. The summed E-state index contributed by atoms with van der Waals surface area (Å²) in [5, 5.41) is 39.6. The standard InChI is InChI=1S/C34H56O10/c1-3-5-7-9-11-12-13-14-15-16-17-19-21-23-30(37)43-27(25-41-29(36)22-20-18-10-8-6-4-2)26-42-34-33(40)32(39)31(38)28(24-35)44-34/h5,7,11-12,14-15,17,19,27-28,31-35,38-40H,3-4,6,8-10,13,16,18,20-26H2,1-2H3/b7-5-,12-11-,15-14-,19-17-. The Hall–Kier alpha value is -2.34. The molecule has 1 fully saturated rings. The highest BCUT2D eigenvalue weighted by atomic mass is 16.7. The summed E-state index contributed by atoms with van der Waals surface area (Å²) < 4.78 is 21.8. The first-order valence-corrected chi connectivity index (χ1v) is 16.2. The maximum atomic E-state index is 12.5. The van der Waals surface area contributed by atoms with Crippen LogP contribution in [0.1, 0.15) is 97.3 Å². The van der Waals surface area contributed by atoms with Crippen molar-refractivity contribution in [3.8, 4) is 0 Å². The van der Waals surface area contributed by atoms with Crippen LogP contribution >= 0.6 is 0 Å². The fourth-order valence-electron chi connectivity index (χ4n) is 4.37. The van der Waals surface area contributed by atoms with Crippen molar-refractivity contribution in [3.05, 3.63) is 48.6 Å². The van der Waals surface area contributed by atoms with Gasteiger partial charge in [-0.2, -0.15) is 0 Å². The van der Waals surface area contributed by atoms with Gasteiger partial charge in [0.2, 0.25) is 0 Å². The van der Waals surface area contributed by atoms with Crippen molar-refractivity contribution in [1.82, 2.24) is 0 Å². The lowest BCUT2D eigenvalue weighted by molar-refractivity contribution is -0.305. The van der Waals surface area contributed by atoms with E-state index < -0.39 is 55.4 Å². The SMILES string of the molecule is CC/C=C\C/C=C\C/C=C\C/C=C\CCC(=O)OC(COC(=O)CCCCCCCC)COC1OC(CO)C(O)C(O)C1O. The minimum Gasteiger partial charge on any atom is -0.462 e. The number of hydrogen-bond donors (Lipinski definition) is 4. The molecule has 1 aliphatic rings. The molecule has 0 bridgehead atoms. The molecule has 0 spiro atoms. The van der Waals surface area contributed by atoms with Crippen LogP contribution in [0.2, 0.25) is 0 Å². The number of hydrogen-bond acceptors (Lipinski definition) is 10. The van der Waals surface area contributed by atoms with E-state index in [1.165, 1.54) is 6.42 Å². The summed E-state index contributed by atoms with van der Waals surface area (Å²) in [5.74, 6) is -0.920. The van der Waals surface area contributed by atoms with Gasteiger partial charge in [-0.3, -0.25) is 9.59 Å². The van der Waals surface area contributed by atoms with Gasteiger partial charge in [-0.25, -0.2) is 0 Å². The van der Waals surface area contributed by atoms with Crippen molar-refractivity contribution in [3.63, 3.8) is 0 Å². The summed E-state index contributed by atoms with van der Waals surface area (Å²) in [7, 11) is 0. The van der Waals surface area contributed by atoms with Crippen molar-refractivity contribution in [1.29, 1.82) is 0 Å². The third kappa shape index (κ3) is 18.5. The smallest absolute Gasteiger partial charge is 0.306 e. The summed E-state index contributed by atoms with van der Waals surface area (Å²) in [5.41, 5.74) is 0. The van der Waals surface area contributed by atoms with E-state index in [0.717, 1.165) is 51.4 Å². The van der Waals surface area contributed by atoms with Gasteiger partial charge < -0.3 is 39.4 Å². The van der Waals surface area contributed by atoms with Crippen molar-refractivity contribution >= 4 is 11.9 Å². The zero-order valence-electron chi connectivity index (χ0n) is 26.6. The molecule has 1 heterocycles. The van der Waals surface area contributed by atoms with Crippen molar-refractivity contribution in [2.45, 2.75) is 134 Å². The lowest BCUT2D eigenvalue weighted by Crippen LogP contribution is -2.59. The molecule has 10 heteroatoms. The van der Waals surface area contributed by atoms with E-state index in [4.69, 9.17) is 18.9 Å². The van der Waals surface area contributed by atoms with Gasteiger partial charge in [-0.15, -0.1) is 0 Å². The molecule has 0 amide bonds. The van der Waals surface area contributed by atoms with Gasteiger partial charge in [-0.05, 0) is 38.5 Å². The monoisotopic (exact) mass is 624 g/mol. The van der Waals surface area contributed by atoms with Gasteiger partial charge in [0.05, 0.1) is 13.2 Å². The molecule has 0 aromatic rings. The molecular formula is C34H56O10. The number of esters is 2. The molecule has 1 rings (SSSR count). The van der Waals surface area contributed by atoms with Crippen LogP contribution in [-0.4, -0.2) is 89.0 Å². The van der Waals surface area contributed by atoms with E-state index in [2.05, 4.69) is 50.3 Å². The lowest BCUT2D eigenvalue weighted by atomic mass is 9.99. The normalized spacial score (nSPS) is 23.3. The van der Waals surface area contributed by atoms with Crippen LogP contribution in [0.5, 0.6) is 0 Å². The molecule has 10 nitrogen and oxygen atoms in total. The Morgan fingerprint density at radius 2 is 1.34 bits per heavy atom. The second-order valence-electron chi connectivity index (χ2n) is 10.9. The van der Waals surface area contributed by atoms with E-state index in [1.807, 2.05) is 12.2 Å². The maximum Gasteiger partial charge on any atom is 0.306 e. The third-order valence-corrected chi connectivity index (χ3v) is 6.99. The molecule has 1 aliphatic heterocycles. The fraction of sp³-hybridized carbons (Fsp3) is 0.706. The van der Waals surface area contributed by atoms with Crippen LogP contribution in [0.3, 0.4) is 0 Å². The van der Waals surface area contributed by atoms with Crippen LogP contribution in [0.4, 0.5) is 0 Å². The van der Waals surface area contributed by atoms with E-state index in [-0.39, 0.29) is 26.1 Å². The first kappa shape index (κ1) is 39.7. The van der Waals surface area contributed by atoms with Gasteiger partial charge >= 0.3 is 11.9 Å². The molecule has 0 saturated carbocycles. The van der Waals surface area contributed by atoms with Gasteiger partial charge in [0.15, 0.2) is 12.4 Å². The second-order valence-corrected chi connectivity index (χ2v) is 10.9. The Labute approximate surface area is 263 Å². The molecule has 0 radical (unpaired) electrons. The van der Waals surface area contributed by atoms with Crippen LogP contribution in [0.15, 0.2) is 48.6 Å².